The highest BCUT2D eigenvalue weighted by molar-refractivity contribution is 9.09. The fraction of sp³-hybridized carbons (Fsp3) is 0.438. The number of fused-ring (bicyclic) bond motifs is 1. The average molecular weight is 323 g/mol. The van der Waals surface area contributed by atoms with Crippen molar-refractivity contribution in [3.8, 4) is 0 Å². The van der Waals surface area contributed by atoms with E-state index in [-0.39, 0.29) is 16.2 Å². The van der Waals surface area contributed by atoms with Gasteiger partial charge in [-0.1, -0.05) is 35.8 Å². The molecule has 2 aromatic rings. The Morgan fingerprint density at radius 1 is 1.16 bits per heavy atom. The van der Waals surface area contributed by atoms with E-state index in [4.69, 9.17) is 4.42 Å². The predicted octanol–water partition coefficient (Wildman–Crippen LogP) is 4.99. The molecular weight excluding hydrogens is 304 g/mol. The maximum atomic E-state index is 12.5. The molecule has 0 bridgehead atoms. The lowest BCUT2D eigenvalue weighted by Gasteiger charge is -2.14. The van der Waals surface area contributed by atoms with Crippen LogP contribution in [-0.4, -0.2) is 0 Å². The third kappa shape index (κ3) is 2.48. The van der Waals surface area contributed by atoms with Gasteiger partial charge < -0.3 is 4.42 Å². The Labute approximate surface area is 122 Å². The van der Waals surface area contributed by atoms with Crippen LogP contribution in [0.3, 0.4) is 0 Å². The number of benzene rings is 1. The summed E-state index contributed by atoms with van der Waals surface area (Å²) in [5.74, 6) is 0.993. The van der Waals surface area contributed by atoms with Crippen LogP contribution < -0.4 is 5.43 Å². The lowest BCUT2D eigenvalue weighted by Crippen LogP contribution is -2.11. The molecule has 2 rings (SSSR count). The zero-order chi connectivity index (χ0) is 14.3. The van der Waals surface area contributed by atoms with Gasteiger partial charge in [-0.25, -0.2) is 0 Å². The van der Waals surface area contributed by atoms with E-state index in [1.807, 2.05) is 40.7 Å². The quantitative estimate of drug-likeness (QED) is 0.729. The molecule has 0 saturated heterocycles. The van der Waals surface area contributed by atoms with E-state index in [1.165, 1.54) is 0 Å². The molecule has 0 aliphatic heterocycles. The second-order valence-electron chi connectivity index (χ2n) is 5.42. The zero-order valence-corrected chi connectivity index (χ0v) is 13.6. The summed E-state index contributed by atoms with van der Waals surface area (Å²) in [6.07, 6.45) is 0. The molecule has 0 aliphatic rings. The highest BCUT2D eigenvalue weighted by Gasteiger charge is 2.17. The summed E-state index contributed by atoms with van der Waals surface area (Å²) >= 11 is 3.58. The highest BCUT2D eigenvalue weighted by Crippen LogP contribution is 2.32. The van der Waals surface area contributed by atoms with Crippen molar-refractivity contribution in [3.63, 3.8) is 0 Å². The van der Waals surface area contributed by atoms with Gasteiger partial charge in [-0.05, 0) is 32.4 Å². The smallest absolute Gasteiger partial charge is 0.195 e. The maximum Gasteiger partial charge on any atom is 0.195 e. The van der Waals surface area contributed by atoms with Crippen LogP contribution in [0.2, 0.25) is 0 Å². The van der Waals surface area contributed by atoms with Gasteiger partial charge in [0.25, 0.3) is 0 Å². The van der Waals surface area contributed by atoms with E-state index in [1.54, 1.807) is 0 Å². The topological polar surface area (TPSA) is 30.2 Å². The van der Waals surface area contributed by atoms with Crippen LogP contribution >= 0.6 is 15.9 Å². The third-order valence-electron chi connectivity index (χ3n) is 3.38. The minimum atomic E-state index is 0.0862. The van der Waals surface area contributed by atoms with E-state index < -0.39 is 0 Å². The SMILES string of the molecule is Cc1cc(C(C)Br)c2oc(C(C)C)c(C)c(=O)c2c1. The first kappa shape index (κ1) is 14.3. The minimum absolute atomic E-state index is 0.0862. The van der Waals surface area contributed by atoms with Crippen molar-refractivity contribution < 1.29 is 4.42 Å². The van der Waals surface area contributed by atoms with Gasteiger partial charge in [0.1, 0.15) is 11.3 Å². The summed E-state index contributed by atoms with van der Waals surface area (Å²) in [7, 11) is 0. The maximum absolute atomic E-state index is 12.5. The summed E-state index contributed by atoms with van der Waals surface area (Å²) in [5.41, 5.74) is 3.64. The van der Waals surface area contributed by atoms with Crippen LogP contribution in [0.4, 0.5) is 0 Å². The summed E-state index contributed by atoms with van der Waals surface area (Å²) in [5, 5.41) is 0.684. The van der Waals surface area contributed by atoms with Crippen molar-refractivity contribution in [2.24, 2.45) is 0 Å². The number of aryl methyl sites for hydroxylation is 1. The van der Waals surface area contributed by atoms with E-state index in [0.717, 1.165) is 22.5 Å². The molecule has 0 fully saturated rings. The Balaban J connectivity index is 2.97. The largest absolute Gasteiger partial charge is 0.460 e. The molecule has 2 nitrogen and oxygen atoms in total. The van der Waals surface area contributed by atoms with Crippen LogP contribution in [0.15, 0.2) is 21.3 Å². The molecule has 0 saturated carbocycles. The fourth-order valence-corrected chi connectivity index (χ4v) is 2.77. The van der Waals surface area contributed by atoms with Gasteiger partial charge in [-0.2, -0.15) is 0 Å². The van der Waals surface area contributed by atoms with Crippen molar-refractivity contribution >= 4 is 26.9 Å². The molecule has 0 aliphatic carbocycles. The van der Waals surface area contributed by atoms with Crippen LogP contribution in [0.1, 0.15) is 54.0 Å². The molecule has 3 heteroatoms. The van der Waals surface area contributed by atoms with Gasteiger partial charge in [-0.15, -0.1) is 0 Å². The monoisotopic (exact) mass is 322 g/mol. The van der Waals surface area contributed by atoms with Crippen molar-refractivity contribution in [2.75, 3.05) is 0 Å². The first-order valence-electron chi connectivity index (χ1n) is 6.54. The summed E-state index contributed by atoms with van der Waals surface area (Å²) < 4.78 is 6.05. The molecule has 0 spiro atoms. The van der Waals surface area contributed by atoms with Gasteiger partial charge in [0.15, 0.2) is 5.43 Å². The van der Waals surface area contributed by atoms with Gasteiger partial charge in [0.05, 0.1) is 5.39 Å². The zero-order valence-electron chi connectivity index (χ0n) is 12.0. The number of hydrogen-bond donors (Lipinski definition) is 0. The van der Waals surface area contributed by atoms with E-state index in [9.17, 15) is 4.79 Å². The van der Waals surface area contributed by atoms with Crippen molar-refractivity contribution in [1.29, 1.82) is 0 Å². The Kier molecular flexibility index (Phi) is 3.86. The van der Waals surface area contributed by atoms with Gasteiger partial charge in [0.2, 0.25) is 0 Å². The molecule has 0 radical (unpaired) electrons. The second kappa shape index (κ2) is 5.12. The second-order valence-corrected chi connectivity index (χ2v) is 6.80. The standard InChI is InChI=1S/C16H19BrO2/c1-8(2)15-10(4)14(18)13-7-9(3)6-12(11(5)17)16(13)19-15/h6-8,11H,1-5H3. The normalized spacial score (nSPS) is 13.2. The lowest BCUT2D eigenvalue weighted by molar-refractivity contribution is 0.500. The molecule has 0 N–H and O–H groups in total. The molecule has 0 amide bonds. The summed E-state index contributed by atoms with van der Waals surface area (Å²) in [4.78, 5) is 12.7. The molecule has 102 valence electrons. The number of alkyl halides is 1. The first-order valence-corrected chi connectivity index (χ1v) is 7.46. The number of hydrogen-bond acceptors (Lipinski definition) is 2. The Morgan fingerprint density at radius 3 is 2.32 bits per heavy atom. The van der Waals surface area contributed by atoms with Crippen LogP contribution in [0.5, 0.6) is 0 Å². The molecule has 1 aromatic heterocycles. The van der Waals surface area contributed by atoms with Crippen molar-refractivity contribution in [3.05, 3.63) is 44.8 Å². The molecule has 1 unspecified atom stereocenters. The van der Waals surface area contributed by atoms with E-state index >= 15 is 0 Å². The van der Waals surface area contributed by atoms with Gasteiger partial charge in [-0.3, -0.25) is 4.79 Å². The van der Waals surface area contributed by atoms with Crippen molar-refractivity contribution in [2.45, 2.75) is 45.4 Å². The Hall–Kier alpha value is -1.09. The Bertz CT molecular complexity index is 681. The number of rotatable bonds is 2. The summed E-state index contributed by atoms with van der Waals surface area (Å²) in [6.45, 7) is 9.98. The van der Waals surface area contributed by atoms with Gasteiger partial charge in [0, 0.05) is 21.9 Å². The highest BCUT2D eigenvalue weighted by atomic mass is 79.9. The molecule has 19 heavy (non-hydrogen) atoms. The first-order chi connectivity index (χ1) is 8.82. The average Bonchev–Trinajstić information content (AvgIpc) is 2.32. The number of halogens is 1. The van der Waals surface area contributed by atoms with Crippen molar-refractivity contribution in [1.82, 2.24) is 0 Å². The lowest BCUT2D eigenvalue weighted by atomic mass is 10.0. The van der Waals surface area contributed by atoms with E-state index in [2.05, 4.69) is 22.0 Å². The summed E-state index contributed by atoms with van der Waals surface area (Å²) in [6, 6.07) is 3.99. The fourth-order valence-electron chi connectivity index (χ4n) is 2.43. The van der Waals surface area contributed by atoms with Crippen LogP contribution in [0, 0.1) is 13.8 Å². The Morgan fingerprint density at radius 2 is 1.79 bits per heavy atom. The minimum Gasteiger partial charge on any atom is -0.460 e. The van der Waals surface area contributed by atoms with Crippen LogP contribution in [-0.2, 0) is 0 Å². The van der Waals surface area contributed by atoms with Crippen LogP contribution in [0.25, 0.3) is 11.0 Å². The third-order valence-corrected chi connectivity index (χ3v) is 3.88. The molecule has 1 heterocycles. The molecule has 1 aromatic carbocycles. The van der Waals surface area contributed by atoms with E-state index in [0.29, 0.717) is 11.0 Å². The predicted molar refractivity (Wildman–Crippen MR) is 83.4 cm³/mol. The molecular formula is C16H19BrO2. The molecule has 1 atom stereocenters. The van der Waals surface area contributed by atoms with Gasteiger partial charge >= 0.3 is 0 Å².